The van der Waals surface area contributed by atoms with E-state index in [-0.39, 0.29) is 28.6 Å². The van der Waals surface area contributed by atoms with Gasteiger partial charge in [0.25, 0.3) is 11.6 Å². The van der Waals surface area contributed by atoms with Crippen LogP contribution in [0.5, 0.6) is 0 Å². The third-order valence-electron chi connectivity index (χ3n) is 5.71. The molecule has 0 spiro atoms. The Morgan fingerprint density at radius 3 is 2.67 bits per heavy atom. The predicted molar refractivity (Wildman–Crippen MR) is 109 cm³/mol. The number of nitrogens with one attached hydrogen (secondary N) is 1. The summed E-state index contributed by atoms with van der Waals surface area (Å²) < 4.78 is 8.04. The number of carbonyl (C=O) groups is 1. The summed E-state index contributed by atoms with van der Waals surface area (Å²) in [5, 5.41) is 14.0. The molecule has 1 aliphatic carbocycles. The maximum atomic E-state index is 12.2. The van der Waals surface area contributed by atoms with Crippen molar-refractivity contribution in [3.05, 3.63) is 87.6 Å². The van der Waals surface area contributed by atoms with Gasteiger partial charge in [0, 0.05) is 43.2 Å². The molecule has 5 rings (SSSR count). The normalized spacial score (nSPS) is 18.7. The first-order valence-corrected chi connectivity index (χ1v) is 10.1. The van der Waals surface area contributed by atoms with Gasteiger partial charge in [-0.2, -0.15) is 0 Å². The van der Waals surface area contributed by atoms with Gasteiger partial charge in [0.2, 0.25) is 0 Å². The van der Waals surface area contributed by atoms with Crippen molar-refractivity contribution in [2.24, 2.45) is 0 Å². The Morgan fingerprint density at radius 1 is 1.13 bits per heavy atom. The van der Waals surface area contributed by atoms with E-state index in [0.29, 0.717) is 12.3 Å². The van der Waals surface area contributed by atoms with Crippen LogP contribution in [0.1, 0.15) is 46.5 Å². The number of hydrogen-bond donors (Lipinski definition) is 1. The minimum absolute atomic E-state index is 0.0524. The summed E-state index contributed by atoms with van der Waals surface area (Å²) in [4.78, 5) is 25.1. The molecular weight excluding hydrogens is 384 g/mol. The van der Waals surface area contributed by atoms with E-state index in [1.54, 1.807) is 18.2 Å². The van der Waals surface area contributed by atoms with E-state index in [2.05, 4.69) is 27.0 Å². The molecule has 1 aromatic carbocycles. The van der Waals surface area contributed by atoms with Crippen molar-refractivity contribution in [2.75, 3.05) is 6.54 Å². The molecule has 0 bridgehead atoms. The average Bonchev–Trinajstić information content (AvgIpc) is 3.23. The van der Waals surface area contributed by atoms with Crippen LogP contribution >= 0.6 is 0 Å². The van der Waals surface area contributed by atoms with E-state index in [1.807, 2.05) is 24.3 Å². The first kappa shape index (κ1) is 18.6. The van der Waals surface area contributed by atoms with Crippen LogP contribution in [0.3, 0.4) is 0 Å². The molecule has 1 atom stereocenters. The molecule has 8 heteroatoms. The minimum atomic E-state index is -0.387. The van der Waals surface area contributed by atoms with E-state index < -0.39 is 0 Å². The molecule has 2 aliphatic rings. The number of nitro benzene ring substituents is 1. The number of non-ortho nitro benzene ring substituents is 1. The molecule has 0 radical (unpaired) electrons. The van der Waals surface area contributed by atoms with Gasteiger partial charge < -0.3 is 14.3 Å². The van der Waals surface area contributed by atoms with E-state index >= 15 is 0 Å². The molecule has 0 saturated heterocycles. The van der Waals surface area contributed by atoms with Crippen LogP contribution < -0.4 is 5.32 Å². The molecule has 2 aromatic heterocycles. The summed E-state index contributed by atoms with van der Waals surface area (Å²) in [6, 6.07) is 14.6. The molecular formula is C22H22N4O4. The first-order valence-electron chi connectivity index (χ1n) is 10.1. The molecule has 3 heterocycles. The SMILES string of the molecule is O=C(NC1CC1)c1ccc(CN2CCn3cccc3C2c2ccc([N+](=O)[O-])cc2)o1. The van der Waals surface area contributed by atoms with Gasteiger partial charge in [0.05, 0.1) is 17.5 Å². The Labute approximate surface area is 173 Å². The summed E-state index contributed by atoms with van der Waals surface area (Å²) in [5.41, 5.74) is 2.20. The van der Waals surface area contributed by atoms with Crippen LogP contribution in [0.25, 0.3) is 0 Å². The zero-order chi connectivity index (χ0) is 20.7. The van der Waals surface area contributed by atoms with Crippen molar-refractivity contribution in [1.29, 1.82) is 0 Å². The predicted octanol–water partition coefficient (Wildman–Crippen LogP) is 3.49. The van der Waals surface area contributed by atoms with Crippen molar-refractivity contribution in [3.8, 4) is 0 Å². The lowest BCUT2D eigenvalue weighted by Gasteiger charge is -2.36. The molecule has 1 unspecified atom stereocenters. The van der Waals surface area contributed by atoms with Crippen molar-refractivity contribution >= 4 is 11.6 Å². The van der Waals surface area contributed by atoms with Gasteiger partial charge in [0.15, 0.2) is 5.76 Å². The standard InChI is InChI=1S/C22H22N4O4/c27-22(23-16-5-6-16)20-10-9-18(30-20)14-25-13-12-24-11-1-2-19(24)21(25)15-3-7-17(8-4-15)26(28)29/h1-4,7-11,16,21H,5-6,12-14H2,(H,23,27). The monoisotopic (exact) mass is 406 g/mol. The zero-order valence-corrected chi connectivity index (χ0v) is 16.4. The summed E-state index contributed by atoms with van der Waals surface area (Å²) in [6.45, 7) is 2.19. The molecule has 1 N–H and O–H groups in total. The van der Waals surface area contributed by atoms with Crippen LogP contribution in [-0.2, 0) is 13.1 Å². The highest BCUT2D eigenvalue weighted by molar-refractivity contribution is 5.91. The van der Waals surface area contributed by atoms with Gasteiger partial charge in [-0.15, -0.1) is 0 Å². The fourth-order valence-electron chi connectivity index (χ4n) is 4.03. The van der Waals surface area contributed by atoms with Gasteiger partial charge in [0.1, 0.15) is 5.76 Å². The van der Waals surface area contributed by atoms with Crippen LogP contribution in [0, 0.1) is 10.1 Å². The van der Waals surface area contributed by atoms with Crippen LogP contribution in [0.2, 0.25) is 0 Å². The number of carbonyl (C=O) groups excluding carboxylic acids is 1. The van der Waals surface area contributed by atoms with E-state index in [0.717, 1.165) is 42.9 Å². The summed E-state index contributed by atoms with van der Waals surface area (Å²) in [6.07, 6.45) is 4.12. The highest BCUT2D eigenvalue weighted by Gasteiger charge is 2.30. The molecule has 8 nitrogen and oxygen atoms in total. The van der Waals surface area contributed by atoms with Gasteiger partial charge >= 0.3 is 0 Å². The van der Waals surface area contributed by atoms with Crippen LogP contribution in [0.4, 0.5) is 5.69 Å². The lowest BCUT2D eigenvalue weighted by Crippen LogP contribution is -2.37. The van der Waals surface area contributed by atoms with Crippen LogP contribution in [-0.4, -0.2) is 32.9 Å². The lowest BCUT2D eigenvalue weighted by molar-refractivity contribution is -0.384. The number of hydrogen-bond acceptors (Lipinski definition) is 5. The molecule has 1 fully saturated rings. The maximum absolute atomic E-state index is 12.2. The number of benzene rings is 1. The molecule has 154 valence electrons. The quantitative estimate of drug-likeness (QED) is 0.500. The lowest BCUT2D eigenvalue weighted by atomic mass is 9.99. The van der Waals surface area contributed by atoms with Crippen molar-refractivity contribution < 1.29 is 14.1 Å². The maximum Gasteiger partial charge on any atom is 0.287 e. The third-order valence-corrected chi connectivity index (χ3v) is 5.71. The highest BCUT2D eigenvalue weighted by atomic mass is 16.6. The van der Waals surface area contributed by atoms with E-state index in [9.17, 15) is 14.9 Å². The summed E-state index contributed by atoms with van der Waals surface area (Å²) >= 11 is 0. The van der Waals surface area contributed by atoms with Crippen molar-refractivity contribution in [1.82, 2.24) is 14.8 Å². The number of furan rings is 1. The van der Waals surface area contributed by atoms with Crippen molar-refractivity contribution in [2.45, 2.75) is 38.0 Å². The number of aromatic nitrogens is 1. The van der Waals surface area contributed by atoms with E-state index in [1.165, 1.54) is 0 Å². The fourth-order valence-corrected chi connectivity index (χ4v) is 4.03. The molecule has 3 aromatic rings. The second kappa shape index (κ2) is 7.46. The fraction of sp³-hybridized carbons (Fsp3) is 0.318. The van der Waals surface area contributed by atoms with Crippen molar-refractivity contribution in [3.63, 3.8) is 0 Å². The summed E-state index contributed by atoms with van der Waals surface area (Å²) in [5.74, 6) is 0.898. The Morgan fingerprint density at radius 2 is 1.93 bits per heavy atom. The molecule has 1 amide bonds. The smallest absolute Gasteiger partial charge is 0.287 e. The molecule has 30 heavy (non-hydrogen) atoms. The number of nitrogens with zero attached hydrogens (tertiary/aromatic N) is 3. The first-order chi connectivity index (χ1) is 14.6. The number of fused-ring (bicyclic) bond motifs is 1. The van der Waals surface area contributed by atoms with Gasteiger partial charge in [-0.1, -0.05) is 12.1 Å². The Bertz CT molecular complexity index is 1080. The number of rotatable bonds is 6. The Kier molecular flexibility index (Phi) is 4.63. The van der Waals surface area contributed by atoms with Gasteiger partial charge in [-0.25, -0.2) is 0 Å². The molecule has 1 aliphatic heterocycles. The largest absolute Gasteiger partial charge is 0.455 e. The molecule has 1 saturated carbocycles. The zero-order valence-electron chi connectivity index (χ0n) is 16.4. The second-order valence-corrected chi connectivity index (χ2v) is 7.86. The Balaban J connectivity index is 1.40. The average molecular weight is 406 g/mol. The van der Waals surface area contributed by atoms with E-state index in [4.69, 9.17) is 4.42 Å². The second-order valence-electron chi connectivity index (χ2n) is 7.86. The number of nitro groups is 1. The minimum Gasteiger partial charge on any atom is -0.455 e. The van der Waals surface area contributed by atoms with Crippen LogP contribution in [0.15, 0.2) is 59.1 Å². The summed E-state index contributed by atoms with van der Waals surface area (Å²) in [7, 11) is 0. The Hall–Kier alpha value is -3.39. The third kappa shape index (κ3) is 3.61. The van der Waals surface area contributed by atoms with Gasteiger partial charge in [-0.3, -0.25) is 19.8 Å². The topological polar surface area (TPSA) is 93.5 Å². The number of amides is 1. The highest BCUT2D eigenvalue weighted by Crippen LogP contribution is 2.34. The van der Waals surface area contributed by atoms with Gasteiger partial charge in [-0.05, 0) is 42.7 Å².